The van der Waals surface area contributed by atoms with Gasteiger partial charge in [0.1, 0.15) is 0 Å². The van der Waals surface area contributed by atoms with Crippen LogP contribution in [0.1, 0.15) is 18.7 Å². The molecule has 146 valence electrons. The van der Waals surface area contributed by atoms with Gasteiger partial charge in [0.05, 0.1) is 27.9 Å². The van der Waals surface area contributed by atoms with Crippen LogP contribution in [0.4, 0.5) is 0 Å². The van der Waals surface area contributed by atoms with Gasteiger partial charge in [0, 0.05) is 11.5 Å². The van der Waals surface area contributed by atoms with E-state index in [2.05, 4.69) is 15.1 Å². The number of nitrogens with two attached hydrogens (primary N) is 1. The number of hydrogen-bond donors (Lipinski definition) is 1. The highest BCUT2D eigenvalue weighted by Crippen LogP contribution is 2.40. The van der Waals surface area contributed by atoms with Gasteiger partial charge in [-0.25, -0.2) is 0 Å². The molecule has 0 unspecified atom stereocenters. The maximum absolute atomic E-state index is 11.3. The zero-order valence-electron chi connectivity index (χ0n) is 15.7. The molecule has 0 saturated carbocycles. The summed E-state index contributed by atoms with van der Waals surface area (Å²) >= 11 is 0. The molecule has 2 heterocycles. The molecule has 1 aliphatic heterocycles. The number of carbonyl (C=O) groups is 1. The van der Waals surface area contributed by atoms with Gasteiger partial charge >= 0.3 is 0 Å². The zero-order valence-corrected chi connectivity index (χ0v) is 15.7. The van der Waals surface area contributed by atoms with Crippen molar-refractivity contribution in [2.24, 2.45) is 11.7 Å². The summed E-state index contributed by atoms with van der Waals surface area (Å²) in [5.74, 6) is 2.14. The van der Waals surface area contributed by atoms with Gasteiger partial charge in [-0.15, -0.1) is 10.2 Å². The average Bonchev–Trinajstić information content (AvgIpc) is 3.15. The molecule has 0 radical (unpaired) electrons. The summed E-state index contributed by atoms with van der Waals surface area (Å²) in [7, 11) is 4.65. The van der Waals surface area contributed by atoms with Crippen molar-refractivity contribution in [3.8, 4) is 28.7 Å². The minimum Gasteiger partial charge on any atom is -0.493 e. The molecule has 2 aromatic rings. The highest BCUT2D eigenvalue weighted by Gasteiger charge is 2.24. The number of nitrogens with zero attached hydrogens (tertiary/aromatic N) is 3. The van der Waals surface area contributed by atoms with Crippen LogP contribution in [-0.2, 0) is 11.3 Å². The Kier molecular flexibility index (Phi) is 5.80. The Morgan fingerprint density at radius 3 is 2.30 bits per heavy atom. The molecule has 0 aliphatic carbocycles. The first kappa shape index (κ1) is 19.0. The Labute approximate surface area is 157 Å². The molecule has 1 amide bonds. The predicted molar refractivity (Wildman–Crippen MR) is 96.6 cm³/mol. The summed E-state index contributed by atoms with van der Waals surface area (Å²) in [6.45, 7) is 2.08. The second kappa shape index (κ2) is 8.26. The molecule has 2 N–H and O–H groups in total. The normalized spacial score (nSPS) is 15.5. The second-order valence-corrected chi connectivity index (χ2v) is 6.37. The third kappa shape index (κ3) is 4.13. The Balaban J connectivity index is 1.73. The quantitative estimate of drug-likeness (QED) is 0.773. The lowest BCUT2D eigenvalue weighted by Crippen LogP contribution is -2.38. The maximum Gasteiger partial charge on any atom is 0.248 e. The first-order chi connectivity index (χ1) is 13.0. The molecule has 0 bridgehead atoms. The van der Waals surface area contributed by atoms with Crippen LogP contribution in [0, 0.1) is 5.92 Å². The second-order valence-electron chi connectivity index (χ2n) is 6.37. The van der Waals surface area contributed by atoms with Gasteiger partial charge < -0.3 is 24.4 Å². The number of methoxy groups -OCH3 is 3. The third-order valence-corrected chi connectivity index (χ3v) is 4.73. The van der Waals surface area contributed by atoms with Gasteiger partial charge in [-0.05, 0) is 38.1 Å². The molecule has 1 aromatic heterocycles. The molecule has 3 rings (SSSR count). The molecule has 27 heavy (non-hydrogen) atoms. The summed E-state index contributed by atoms with van der Waals surface area (Å²) in [5, 5.41) is 8.26. The van der Waals surface area contributed by atoms with Gasteiger partial charge in [-0.3, -0.25) is 9.69 Å². The van der Waals surface area contributed by atoms with Crippen molar-refractivity contribution in [1.82, 2.24) is 15.1 Å². The van der Waals surface area contributed by atoms with Gasteiger partial charge in [-0.2, -0.15) is 0 Å². The molecule has 9 nitrogen and oxygen atoms in total. The fourth-order valence-electron chi connectivity index (χ4n) is 3.21. The molecule has 1 aromatic carbocycles. The largest absolute Gasteiger partial charge is 0.493 e. The fraction of sp³-hybridized carbons (Fsp3) is 0.500. The van der Waals surface area contributed by atoms with Crippen LogP contribution in [0.15, 0.2) is 16.5 Å². The van der Waals surface area contributed by atoms with Crippen molar-refractivity contribution in [2.45, 2.75) is 19.4 Å². The number of likely N-dealkylation sites (tertiary alicyclic amines) is 1. The fourth-order valence-corrected chi connectivity index (χ4v) is 3.21. The standard InChI is InChI=1S/C18H24N4O5/c1-24-13-8-12(9-14(25-2)16(13)26-3)18-21-20-15(27-18)10-22-6-4-11(5-7-22)17(19)23/h8-9,11H,4-7,10H2,1-3H3,(H2,19,23). The minimum atomic E-state index is -0.225. The monoisotopic (exact) mass is 376 g/mol. The number of carbonyl (C=O) groups excluding carboxylic acids is 1. The topological polar surface area (TPSA) is 113 Å². The smallest absolute Gasteiger partial charge is 0.248 e. The third-order valence-electron chi connectivity index (χ3n) is 4.73. The maximum atomic E-state index is 11.3. The number of primary amides is 1. The lowest BCUT2D eigenvalue weighted by Gasteiger charge is -2.29. The van der Waals surface area contributed by atoms with Crippen molar-refractivity contribution in [2.75, 3.05) is 34.4 Å². The van der Waals surface area contributed by atoms with E-state index in [4.69, 9.17) is 24.4 Å². The first-order valence-corrected chi connectivity index (χ1v) is 8.70. The van der Waals surface area contributed by atoms with Gasteiger partial charge in [0.15, 0.2) is 11.5 Å². The van der Waals surface area contributed by atoms with Crippen LogP contribution >= 0.6 is 0 Å². The first-order valence-electron chi connectivity index (χ1n) is 8.70. The lowest BCUT2D eigenvalue weighted by molar-refractivity contribution is -0.123. The molecular weight excluding hydrogens is 352 g/mol. The van der Waals surface area contributed by atoms with Gasteiger partial charge in [0.25, 0.3) is 0 Å². The Bertz CT molecular complexity index is 774. The van der Waals surface area contributed by atoms with Crippen molar-refractivity contribution >= 4 is 5.91 Å². The van der Waals surface area contributed by atoms with Crippen molar-refractivity contribution in [3.05, 3.63) is 18.0 Å². The summed E-state index contributed by atoms with van der Waals surface area (Å²) in [6.07, 6.45) is 1.51. The van der Waals surface area contributed by atoms with Crippen LogP contribution in [-0.4, -0.2) is 55.4 Å². The van der Waals surface area contributed by atoms with E-state index in [9.17, 15) is 4.79 Å². The Morgan fingerprint density at radius 1 is 1.15 bits per heavy atom. The molecule has 1 saturated heterocycles. The van der Waals surface area contributed by atoms with E-state index in [-0.39, 0.29) is 11.8 Å². The lowest BCUT2D eigenvalue weighted by atomic mass is 9.96. The van der Waals surface area contributed by atoms with E-state index in [0.29, 0.717) is 41.1 Å². The van der Waals surface area contributed by atoms with E-state index < -0.39 is 0 Å². The number of amides is 1. The van der Waals surface area contributed by atoms with E-state index in [1.165, 1.54) is 0 Å². The molecule has 0 spiro atoms. The molecule has 1 fully saturated rings. The van der Waals surface area contributed by atoms with E-state index >= 15 is 0 Å². The van der Waals surface area contributed by atoms with Crippen LogP contribution in [0.3, 0.4) is 0 Å². The van der Waals surface area contributed by atoms with Crippen molar-refractivity contribution in [1.29, 1.82) is 0 Å². The highest BCUT2D eigenvalue weighted by molar-refractivity contribution is 5.76. The predicted octanol–water partition coefficient (Wildman–Crippen LogP) is 1.46. The van der Waals surface area contributed by atoms with E-state index in [0.717, 1.165) is 25.9 Å². The van der Waals surface area contributed by atoms with Crippen molar-refractivity contribution < 1.29 is 23.4 Å². The average molecular weight is 376 g/mol. The van der Waals surface area contributed by atoms with E-state index in [1.807, 2.05) is 0 Å². The Morgan fingerprint density at radius 2 is 1.78 bits per heavy atom. The molecular formula is C18H24N4O5. The zero-order chi connectivity index (χ0) is 19.4. The van der Waals surface area contributed by atoms with Crippen LogP contribution in [0.2, 0.25) is 0 Å². The molecule has 0 atom stereocenters. The Hall–Kier alpha value is -2.81. The number of hydrogen-bond acceptors (Lipinski definition) is 8. The summed E-state index contributed by atoms with van der Waals surface area (Å²) in [5.41, 5.74) is 6.05. The molecule has 9 heteroatoms. The number of piperidine rings is 1. The van der Waals surface area contributed by atoms with Gasteiger partial charge in [0.2, 0.25) is 23.4 Å². The number of aromatic nitrogens is 2. The minimum absolute atomic E-state index is 0.0428. The number of rotatable bonds is 7. The SMILES string of the molecule is COc1cc(-c2nnc(CN3CCC(C(N)=O)CC3)o2)cc(OC)c1OC. The number of benzene rings is 1. The van der Waals surface area contributed by atoms with Crippen molar-refractivity contribution in [3.63, 3.8) is 0 Å². The number of ether oxygens (including phenoxy) is 3. The summed E-state index contributed by atoms with van der Waals surface area (Å²) < 4.78 is 21.9. The summed E-state index contributed by atoms with van der Waals surface area (Å²) in [4.78, 5) is 13.4. The van der Waals surface area contributed by atoms with Crippen LogP contribution < -0.4 is 19.9 Å². The van der Waals surface area contributed by atoms with Gasteiger partial charge in [-0.1, -0.05) is 0 Å². The van der Waals surface area contributed by atoms with E-state index in [1.54, 1.807) is 33.5 Å². The summed E-state index contributed by atoms with van der Waals surface area (Å²) in [6, 6.07) is 3.52. The van der Waals surface area contributed by atoms with Crippen LogP contribution in [0.25, 0.3) is 11.5 Å². The molecule has 1 aliphatic rings. The highest BCUT2D eigenvalue weighted by atomic mass is 16.5. The van der Waals surface area contributed by atoms with Crippen LogP contribution in [0.5, 0.6) is 17.2 Å².